The maximum atomic E-state index is 12.1. The zero-order chi connectivity index (χ0) is 11.2. The lowest BCUT2D eigenvalue weighted by atomic mass is 9.74. The molecular formula is C12H12ClNO2. The van der Waals surface area contributed by atoms with E-state index in [9.17, 15) is 4.79 Å². The number of fused-ring (bicyclic) bond motifs is 2. The molecule has 0 atom stereocenters. The quantitative estimate of drug-likeness (QED) is 0.553. The van der Waals surface area contributed by atoms with Crippen LogP contribution in [0.5, 0.6) is 5.75 Å². The second-order valence-electron chi connectivity index (χ2n) is 4.33. The van der Waals surface area contributed by atoms with E-state index in [1.165, 1.54) is 0 Å². The molecule has 3 rings (SSSR count). The molecule has 1 fully saturated rings. The van der Waals surface area contributed by atoms with Crippen LogP contribution in [0, 0.1) is 0 Å². The monoisotopic (exact) mass is 237 g/mol. The van der Waals surface area contributed by atoms with Crippen LogP contribution in [0.1, 0.15) is 18.4 Å². The second-order valence-corrected chi connectivity index (χ2v) is 4.74. The average Bonchev–Trinajstić information content (AvgIpc) is 2.55. The Bertz CT molecular complexity index is 452. The minimum atomic E-state index is -0.501. The van der Waals surface area contributed by atoms with Gasteiger partial charge in [0.05, 0.1) is 0 Å². The van der Waals surface area contributed by atoms with E-state index in [0.29, 0.717) is 10.8 Å². The number of esters is 1. The van der Waals surface area contributed by atoms with Gasteiger partial charge in [0.25, 0.3) is 0 Å². The smallest absolute Gasteiger partial charge is 0.322 e. The number of benzene rings is 1. The number of piperidine rings is 1. The molecule has 0 unspecified atom stereocenters. The van der Waals surface area contributed by atoms with Gasteiger partial charge in [-0.1, -0.05) is 17.7 Å². The fourth-order valence-electron chi connectivity index (χ4n) is 2.66. The number of rotatable bonds is 0. The van der Waals surface area contributed by atoms with Crippen LogP contribution < -0.4 is 10.1 Å². The Morgan fingerprint density at radius 1 is 1.31 bits per heavy atom. The minimum absolute atomic E-state index is 0.142. The molecule has 1 spiro atoms. The zero-order valence-corrected chi connectivity index (χ0v) is 9.51. The fourth-order valence-corrected chi connectivity index (χ4v) is 3.01. The van der Waals surface area contributed by atoms with Crippen molar-refractivity contribution in [2.75, 3.05) is 13.1 Å². The third-order valence-electron chi connectivity index (χ3n) is 3.50. The molecule has 0 bridgehead atoms. The van der Waals surface area contributed by atoms with Gasteiger partial charge in [-0.25, -0.2) is 0 Å². The highest BCUT2D eigenvalue weighted by atomic mass is 35.5. The molecule has 2 aliphatic rings. The summed E-state index contributed by atoms with van der Waals surface area (Å²) >= 11 is 6.21. The number of ether oxygens (including phenoxy) is 1. The molecule has 1 N–H and O–H groups in total. The summed E-state index contributed by atoms with van der Waals surface area (Å²) in [6, 6.07) is 5.45. The molecule has 84 valence electrons. The first-order valence-corrected chi connectivity index (χ1v) is 5.84. The number of hydrogen-bond acceptors (Lipinski definition) is 3. The lowest BCUT2D eigenvalue weighted by Crippen LogP contribution is -2.44. The van der Waals surface area contributed by atoms with E-state index in [-0.39, 0.29) is 5.97 Å². The predicted molar refractivity (Wildman–Crippen MR) is 60.9 cm³/mol. The highest BCUT2D eigenvalue weighted by Crippen LogP contribution is 2.48. The standard InChI is InChI=1S/C12H12ClNO2/c13-8-2-1-3-9-10(8)12(11(15)16-9)4-6-14-7-5-12/h1-3,14H,4-7H2. The maximum Gasteiger partial charge on any atom is 0.322 e. The topological polar surface area (TPSA) is 38.3 Å². The second kappa shape index (κ2) is 3.47. The average molecular weight is 238 g/mol. The van der Waals surface area contributed by atoms with Crippen molar-refractivity contribution >= 4 is 17.6 Å². The van der Waals surface area contributed by atoms with Crippen LogP contribution in [0.2, 0.25) is 5.02 Å². The lowest BCUT2D eigenvalue weighted by molar-refractivity contribution is -0.139. The van der Waals surface area contributed by atoms with Crippen LogP contribution >= 0.6 is 11.6 Å². The van der Waals surface area contributed by atoms with Crippen LogP contribution in [0.15, 0.2) is 18.2 Å². The molecule has 0 aliphatic carbocycles. The Labute approximate surface area is 98.7 Å². The number of carbonyl (C=O) groups is 1. The Kier molecular flexibility index (Phi) is 2.19. The van der Waals surface area contributed by atoms with Crippen molar-refractivity contribution in [3.63, 3.8) is 0 Å². The van der Waals surface area contributed by atoms with E-state index in [1.54, 1.807) is 0 Å². The molecule has 2 heterocycles. The molecule has 0 amide bonds. The molecule has 1 saturated heterocycles. The van der Waals surface area contributed by atoms with Gasteiger partial charge >= 0.3 is 5.97 Å². The van der Waals surface area contributed by atoms with Crippen LogP contribution in [-0.4, -0.2) is 19.1 Å². The van der Waals surface area contributed by atoms with Crippen molar-refractivity contribution in [3.8, 4) is 5.75 Å². The van der Waals surface area contributed by atoms with Crippen molar-refractivity contribution in [1.29, 1.82) is 0 Å². The number of halogens is 1. The van der Waals surface area contributed by atoms with Crippen LogP contribution in [-0.2, 0) is 10.2 Å². The van der Waals surface area contributed by atoms with Crippen molar-refractivity contribution in [1.82, 2.24) is 5.32 Å². The highest BCUT2D eigenvalue weighted by molar-refractivity contribution is 6.32. The number of carbonyl (C=O) groups excluding carboxylic acids is 1. The summed E-state index contributed by atoms with van der Waals surface area (Å²) in [7, 11) is 0. The van der Waals surface area contributed by atoms with E-state index < -0.39 is 5.41 Å². The summed E-state index contributed by atoms with van der Waals surface area (Å²) in [4.78, 5) is 12.1. The third kappa shape index (κ3) is 1.22. The molecule has 0 aromatic heterocycles. The fraction of sp³-hybridized carbons (Fsp3) is 0.417. The van der Waals surface area contributed by atoms with Gasteiger partial charge in [-0.05, 0) is 38.1 Å². The van der Waals surface area contributed by atoms with E-state index in [4.69, 9.17) is 16.3 Å². The first-order chi connectivity index (χ1) is 7.74. The Morgan fingerprint density at radius 3 is 2.81 bits per heavy atom. The Balaban J connectivity index is 2.17. The number of hydrogen-bond donors (Lipinski definition) is 1. The van der Waals surface area contributed by atoms with Gasteiger partial charge < -0.3 is 10.1 Å². The van der Waals surface area contributed by atoms with Gasteiger partial charge in [-0.3, -0.25) is 4.79 Å². The van der Waals surface area contributed by atoms with E-state index in [0.717, 1.165) is 31.5 Å². The SMILES string of the molecule is O=C1Oc2cccc(Cl)c2C12CCNCC2. The van der Waals surface area contributed by atoms with Crippen LogP contribution in [0.25, 0.3) is 0 Å². The molecule has 0 saturated carbocycles. The maximum absolute atomic E-state index is 12.1. The molecular weight excluding hydrogens is 226 g/mol. The predicted octanol–water partition coefficient (Wildman–Crippen LogP) is 1.88. The van der Waals surface area contributed by atoms with Crippen LogP contribution in [0.3, 0.4) is 0 Å². The summed E-state index contributed by atoms with van der Waals surface area (Å²) < 4.78 is 5.33. The van der Waals surface area contributed by atoms with E-state index in [1.807, 2.05) is 18.2 Å². The molecule has 2 aliphatic heterocycles. The van der Waals surface area contributed by atoms with Crippen molar-refractivity contribution < 1.29 is 9.53 Å². The Hall–Kier alpha value is -1.06. The summed E-state index contributed by atoms with van der Waals surface area (Å²) in [6.45, 7) is 1.67. The summed E-state index contributed by atoms with van der Waals surface area (Å²) in [5.41, 5.74) is 0.391. The third-order valence-corrected chi connectivity index (χ3v) is 3.82. The first kappa shape index (κ1) is 10.1. The largest absolute Gasteiger partial charge is 0.425 e. The van der Waals surface area contributed by atoms with Crippen molar-refractivity contribution in [2.45, 2.75) is 18.3 Å². The molecule has 3 nitrogen and oxygen atoms in total. The van der Waals surface area contributed by atoms with Crippen LogP contribution in [0.4, 0.5) is 0 Å². The molecule has 1 aromatic rings. The first-order valence-electron chi connectivity index (χ1n) is 5.46. The summed E-state index contributed by atoms with van der Waals surface area (Å²) in [6.07, 6.45) is 1.53. The molecule has 4 heteroatoms. The lowest BCUT2D eigenvalue weighted by Gasteiger charge is -2.30. The van der Waals surface area contributed by atoms with E-state index in [2.05, 4.69) is 5.32 Å². The Morgan fingerprint density at radius 2 is 2.06 bits per heavy atom. The van der Waals surface area contributed by atoms with Gasteiger partial charge in [-0.2, -0.15) is 0 Å². The van der Waals surface area contributed by atoms with Crippen molar-refractivity contribution in [3.05, 3.63) is 28.8 Å². The van der Waals surface area contributed by atoms with Gasteiger partial charge in [0.2, 0.25) is 0 Å². The van der Waals surface area contributed by atoms with Crippen molar-refractivity contribution in [2.24, 2.45) is 0 Å². The van der Waals surface area contributed by atoms with Gasteiger partial charge in [0.1, 0.15) is 11.2 Å². The van der Waals surface area contributed by atoms with Gasteiger partial charge in [-0.15, -0.1) is 0 Å². The summed E-state index contributed by atoms with van der Waals surface area (Å²) in [5.74, 6) is 0.497. The zero-order valence-electron chi connectivity index (χ0n) is 8.75. The molecule has 16 heavy (non-hydrogen) atoms. The highest BCUT2D eigenvalue weighted by Gasteiger charge is 2.50. The minimum Gasteiger partial charge on any atom is -0.425 e. The summed E-state index contributed by atoms with van der Waals surface area (Å²) in [5, 5.41) is 3.90. The number of nitrogens with one attached hydrogen (secondary N) is 1. The van der Waals surface area contributed by atoms with Gasteiger partial charge in [0, 0.05) is 10.6 Å². The van der Waals surface area contributed by atoms with Gasteiger partial charge in [0.15, 0.2) is 0 Å². The van der Waals surface area contributed by atoms with E-state index >= 15 is 0 Å². The molecule has 0 radical (unpaired) electrons. The normalized spacial score (nSPS) is 21.9. The molecule has 1 aromatic carbocycles.